The molecule has 0 aliphatic carbocycles. The molecule has 1 rings (SSSR count). The normalized spacial score (nSPS) is 12.2. The van der Waals surface area contributed by atoms with Gasteiger partial charge in [0.15, 0.2) is 0 Å². The summed E-state index contributed by atoms with van der Waals surface area (Å²) in [6.07, 6.45) is -0.533. The minimum absolute atomic E-state index is 0.533. The number of aliphatic hydroxyl groups excluding tert-OH is 1. The Morgan fingerprint density at radius 2 is 2.18 bits per heavy atom. The van der Waals surface area contributed by atoms with Gasteiger partial charge in [-0.1, -0.05) is 6.92 Å². The quantitative estimate of drug-likeness (QED) is 0.761. The molecule has 4 heteroatoms. The summed E-state index contributed by atoms with van der Waals surface area (Å²) in [6.45, 7) is 4.50. The molecule has 3 nitrogen and oxygen atoms in total. The standard InChI is InChI=1S/C13H20O3S/c1-4-17-8-7-16-13-9-11(15-3)5-6-12(13)10(2)14/h5-6,9-10,14H,4,7-8H2,1-3H3/t10-/m1/s1. The summed E-state index contributed by atoms with van der Waals surface area (Å²) >= 11 is 1.83. The minimum Gasteiger partial charge on any atom is -0.497 e. The van der Waals surface area contributed by atoms with E-state index in [1.807, 2.05) is 30.0 Å². The first-order chi connectivity index (χ1) is 8.19. The van der Waals surface area contributed by atoms with Crippen LogP contribution in [0.4, 0.5) is 0 Å². The zero-order chi connectivity index (χ0) is 12.7. The summed E-state index contributed by atoms with van der Waals surface area (Å²) < 4.78 is 10.8. The smallest absolute Gasteiger partial charge is 0.128 e. The molecule has 0 saturated heterocycles. The second-order valence-corrected chi connectivity index (χ2v) is 5.02. The molecule has 0 aromatic heterocycles. The third-order valence-corrected chi connectivity index (χ3v) is 3.22. The number of ether oxygens (including phenoxy) is 2. The summed E-state index contributed by atoms with van der Waals surface area (Å²) in [4.78, 5) is 0. The molecular weight excluding hydrogens is 236 g/mol. The lowest BCUT2D eigenvalue weighted by molar-refractivity contribution is 0.192. The van der Waals surface area contributed by atoms with E-state index in [9.17, 15) is 5.11 Å². The van der Waals surface area contributed by atoms with Gasteiger partial charge in [0, 0.05) is 17.4 Å². The number of aliphatic hydroxyl groups is 1. The van der Waals surface area contributed by atoms with Crippen LogP contribution in [0, 0.1) is 0 Å². The monoisotopic (exact) mass is 256 g/mol. The summed E-state index contributed by atoms with van der Waals surface area (Å²) in [5, 5.41) is 9.64. The van der Waals surface area contributed by atoms with Crippen molar-refractivity contribution in [2.75, 3.05) is 25.2 Å². The molecule has 0 fully saturated rings. The molecule has 0 bridgehead atoms. The molecule has 0 amide bonds. The Labute approximate surface area is 107 Å². The van der Waals surface area contributed by atoms with Gasteiger partial charge in [-0.2, -0.15) is 11.8 Å². The van der Waals surface area contributed by atoms with Crippen LogP contribution in [-0.2, 0) is 0 Å². The Hall–Kier alpha value is -0.870. The van der Waals surface area contributed by atoms with Crippen LogP contribution >= 0.6 is 11.8 Å². The van der Waals surface area contributed by atoms with Crippen molar-refractivity contribution in [3.8, 4) is 11.5 Å². The number of hydrogen-bond acceptors (Lipinski definition) is 4. The summed E-state index contributed by atoms with van der Waals surface area (Å²) in [7, 11) is 1.62. The van der Waals surface area contributed by atoms with E-state index in [0.717, 1.165) is 22.8 Å². The van der Waals surface area contributed by atoms with Crippen LogP contribution in [-0.4, -0.2) is 30.3 Å². The number of benzene rings is 1. The number of hydrogen-bond donors (Lipinski definition) is 1. The number of thioether (sulfide) groups is 1. The molecule has 1 aromatic rings. The van der Waals surface area contributed by atoms with Crippen molar-refractivity contribution in [1.29, 1.82) is 0 Å². The van der Waals surface area contributed by atoms with Crippen molar-refractivity contribution < 1.29 is 14.6 Å². The number of methoxy groups -OCH3 is 1. The van der Waals surface area contributed by atoms with Crippen LogP contribution in [0.15, 0.2) is 18.2 Å². The first-order valence-corrected chi connectivity index (χ1v) is 6.91. The van der Waals surface area contributed by atoms with Gasteiger partial charge in [0.1, 0.15) is 11.5 Å². The third kappa shape index (κ3) is 4.48. The fourth-order valence-electron chi connectivity index (χ4n) is 1.47. The fourth-order valence-corrected chi connectivity index (χ4v) is 1.96. The summed E-state index contributed by atoms with van der Waals surface area (Å²) in [6, 6.07) is 5.49. The topological polar surface area (TPSA) is 38.7 Å². The van der Waals surface area contributed by atoms with E-state index in [1.165, 1.54) is 0 Å². The molecule has 0 heterocycles. The van der Waals surface area contributed by atoms with Gasteiger partial charge in [0.2, 0.25) is 0 Å². The lowest BCUT2D eigenvalue weighted by Crippen LogP contribution is -2.04. The predicted octanol–water partition coefficient (Wildman–Crippen LogP) is 2.88. The maximum absolute atomic E-state index is 9.64. The first kappa shape index (κ1) is 14.2. The summed E-state index contributed by atoms with van der Waals surface area (Å²) in [5.41, 5.74) is 0.798. The van der Waals surface area contributed by atoms with Gasteiger partial charge in [-0.15, -0.1) is 0 Å². The van der Waals surface area contributed by atoms with Crippen LogP contribution in [0.2, 0.25) is 0 Å². The Morgan fingerprint density at radius 3 is 2.76 bits per heavy atom. The van der Waals surface area contributed by atoms with E-state index in [0.29, 0.717) is 12.4 Å². The van der Waals surface area contributed by atoms with Gasteiger partial charge in [0.25, 0.3) is 0 Å². The lowest BCUT2D eigenvalue weighted by Gasteiger charge is -2.14. The Balaban J connectivity index is 2.71. The molecule has 96 valence electrons. The molecule has 17 heavy (non-hydrogen) atoms. The van der Waals surface area contributed by atoms with Gasteiger partial charge >= 0.3 is 0 Å². The van der Waals surface area contributed by atoms with Crippen molar-refractivity contribution in [1.82, 2.24) is 0 Å². The molecule has 0 aliphatic heterocycles. The van der Waals surface area contributed by atoms with Crippen LogP contribution in [0.3, 0.4) is 0 Å². The van der Waals surface area contributed by atoms with Gasteiger partial charge in [-0.3, -0.25) is 0 Å². The van der Waals surface area contributed by atoms with Gasteiger partial charge in [0.05, 0.1) is 19.8 Å². The summed E-state index contributed by atoms with van der Waals surface area (Å²) in [5.74, 6) is 3.49. The maximum atomic E-state index is 9.64. The van der Waals surface area contributed by atoms with Crippen molar-refractivity contribution >= 4 is 11.8 Å². The molecule has 0 spiro atoms. The van der Waals surface area contributed by atoms with Gasteiger partial charge < -0.3 is 14.6 Å². The van der Waals surface area contributed by atoms with Crippen molar-refractivity contribution in [2.45, 2.75) is 20.0 Å². The van der Waals surface area contributed by atoms with Crippen molar-refractivity contribution in [3.63, 3.8) is 0 Å². The van der Waals surface area contributed by atoms with Crippen LogP contribution in [0.1, 0.15) is 25.5 Å². The highest BCUT2D eigenvalue weighted by atomic mass is 32.2. The highest BCUT2D eigenvalue weighted by molar-refractivity contribution is 7.99. The minimum atomic E-state index is -0.533. The van der Waals surface area contributed by atoms with E-state index >= 15 is 0 Å². The SMILES string of the molecule is CCSCCOc1cc(OC)ccc1[C@@H](C)O. The van der Waals surface area contributed by atoms with E-state index in [2.05, 4.69) is 6.92 Å². The number of rotatable bonds is 7. The molecule has 0 radical (unpaired) electrons. The second-order valence-electron chi connectivity index (χ2n) is 3.63. The molecular formula is C13H20O3S. The average Bonchev–Trinajstić information content (AvgIpc) is 2.34. The molecule has 1 atom stereocenters. The average molecular weight is 256 g/mol. The molecule has 0 unspecified atom stereocenters. The third-order valence-electron chi connectivity index (χ3n) is 2.36. The van der Waals surface area contributed by atoms with Crippen LogP contribution in [0.5, 0.6) is 11.5 Å². The van der Waals surface area contributed by atoms with Crippen molar-refractivity contribution in [2.24, 2.45) is 0 Å². The van der Waals surface area contributed by atoms with E-state index in [-0.39, 0.29) is 0 Å². The molecule has 1 N–H and O–H groups in total. The van der Waals surface area contributed by atoms with Gasteiger partial charge in [-0.05, 0) is 24.8 Å². The van der Waals surface area contributed by atoms with Crippen LogP contribution < -0.4 is 9.47 Å². The molecule has 1 aromatic carbocycles. The predicted molar refractivity (Wildman–Crippen MR) is 72.1 cm³/mol. The van der Waals surface area contributed by atoms with E-state index in [4.69, 9.17) is 9.47 Å². The lowest BCUT2D eigenvalue weighted by atomic mass is 10.1. The second kappa shape index (κ2) is 7.45. The zero-order valence-electron chi connectivity index (χ0n) is 10.6. The molecule has 0 aliphatic rings. The Bertz CT molecular complexity index is 339. The largest absolute Gasteiger partial charge is 0.497 e. The van der Waals surface area contributed by atoms with Gasteiger partial charge in [-0.25, -0.2) is 0 Å². The van der Waals surface area contributed by atoms with E-state index < -0.39 is 6.10 Å². The highest BCUT2D eigenvalue weighted by Crippen LogP contribution is 2.29. The Morgan fingerprint density at radius 1 is 1.41 bits per heavy atom. The fraction of sp³-hybridized carbons (Fsp3) is 0.538. The zero-order valence-corrected chi connectivity index (χ0v) is 11.4. The van der Waals surface area contributed by atoms with Crippen molar-refractivity contribution in [3.05, 3.63) is 23.8 Å². The highest BCUT2D eigenvalue weighted by Gasteiger charge is 2.10. The van der Waals surface area contributed by atoms with E-state index in [1.54, 1.807) is 14.0 Å². The molecule has 0 saturated carbocycles. The Kier molecular flexibility index (Phi) is 6.22. The maximum Gasteiger partial charge on any atom is 0.128 e. The van der Waals surface area contributed by atoms with Crippen LogP contribution in [0.25, 0.3) is 0 Å². The first-order valence-electron chi connectivity index (χ1n) is 5.75.